The fourth-order valence-corrected chi connectivity index (χ4v) is 3.92. The van der Waals surface area contributed by atoms with Gasteiger partial charge in [0.2, 0.25) is 5.91 Å². The summed E-state index contributed by atoms with van der Waals surface area (Å²) in [5.74, 6) is -1.70. The summed E-state index contributed by atoms with van der Waals surface area (Å²) in [4.78, 5) is 18.8. The van der Waals surface area contributed by atoms with Gasteiger partial charge in [0.15, 0.2) is 0 Å². The molecule has 0 radical (unpaired) electrons. The van der Waals surface area contributed by atoms with E-state index in [0.717, 1.165) is 30.1 Å². The van der Waals surface area contributed by atoms with Crippen LogP contribution in [0.5, 0.6) is 11.5 Å². The maximum atomic E-state index is 13.0. The lowest BCUT2D eigenvalue weighted by molar-refractivity contribution is -0.123. The third-order valence-electron chi connectivity index (χ3n) is 6.34. The number of aliphatic hydroxyl groups excluding tert-OH is 1. The Kier molecular flexibility index (Phi) is 7.21. The predicted molar refractivity (Wildman–Crippen MR) is 124 cm³/mol. The van der Waals surface area contributed by atoms with E-state index in [1.807, 2.05) is 37.3 Å². The van der Waals surface area contributed by atoms with Gasteiger partial charge in [0, 0.05) is 25.4 Å². The van der Waals surface area contributed by atoms with E-state index in [0.29, 0.717) is 12.3 Å². The second-order valence-corrected chi connectivity index (χ2v) is 9.18. The Labute approximate surface area is 198 Å². The van der Waals surface area contributed by atoms with Crippen LogP contribution in [0.3, 0.4) is 0 Å². The van der Waals surface area contributed by atoms with Gasteiger partial charge >= 0.3 is 0 Å². The zero-order valence-corrected chi connectivity index (χ0v) is 19.4. The number of alkyl halides is 2. The van der Waals surface area contributed by atoms with Crippen LogP contribution in [0.2, 0.25) is 0 Å². The number of benzene rings is 1. The minimum Gasteiger partial charge on any atom is -0.491 e. The monoisotopic (exact) mass is 475 g/mol. The molecule has 0 bridgehead atoms. The number of amides is 1. The lowest BCUT2D eigenvalue weighted by Gasteiger charge is -2.19. The summed E-state index contributed by atoms with van der Waals surface area (Å²) in [7, 11) is 0. The van der Waals surface area contributed by atoms with Crippen molar-refractivity contribution in [2.45, 2.75) is 50.7 Å². The number of hydrogen-bond donors (Lipinski definition) is 2. The SMILES string of the molecule is CC(CO)NC(=O)C(C)c1ccc(OC2CCN(c3ccc(OCC4CC4(F)F)cn3)C2)cc1. The van der Waals surface area contributed by atoms with Crippen molar-refractivity contribution in [3.05, 3.63) is 48.2 Å². The number of aromatic nitrogens is 1. The van der Waals surface area contributed by atoms with E-state index in [9.17, 15) is 13.6 Å². The van der Waals surface area contributed by atoms with Crippen molar-refractivity contribution < 1.29 is 28.2 Å². The number of rotatable bonds is 10. The number of nitrogens with one attached hydrogen (secondary N) is 1. The molecule has 4 atom stereocenters. The molecule has 2 fully saturated rings. The van der Waals surface area contributed by atoms with Crippen LogP contribution >= 0.6 is 0 Å². The van der Waals surface area contributed by atoms with E-state index in [4.69, 9.17) is 14.6 Å². The zero-order chi connectivity index (χ0) is 24.3. The summed E-state index contributed by atoms with van der Waals surface area (Å²) in [6.07, 6.45) is 2.32. The predicted octanol–water partition coefficient (Wildman–Crippen LogP) is 3.37. The molecule has 7 nitrogen and oxygen atoms in total. The molecule has 2 N–H and O–H groups in total. The molecule has 1 saturated heterocycles. The van der Waals surface area contributed by atoms with Crippen molar-refractivity contribution in [2.24, 2.45) is 5.92 Å². The van der Waals surface area contributed by atoms with E-state index >= 15 is 0 Å². The average molecular weight is 476 g/mol. The van der Waals surface area contributed by atoms with E-state index in [-0.39, 0.29) is 43.6 Å². The van der Waals surface area contributed by atoms with Crippen LogP contribution in [-0.4, -0.2) is 60.4 Å². The summed E-state index contributed by atoms with van der Waals surface area (Å²) in [5.41, 5.74) is 0.875. The highest BCUT2D eigenvalue weighted by Crippen LogP contribution is 2.48. The molecule has 1 aliphatic heterocycles. The molecule has 34 heavy (non-hydrogen) atoms. The number of hydrogen-bond acceptors (Lipinski definition) is 6. The van der Waals surface area contributed by atoms with Crippen LogP contribution in [0.25, 0.3) is 0 Å². The Morgan fingerprint density at radius 1 is 1.24 bits per heavy atom. The molecule has 1 aromatic heterocycles. The van der Waals surface area contributed by atoms with Gasteiger partial charge in [0.1, 0.15) is 23.4 Å². The van der Waals surface area contributed by atoms with Crippen LogP contribution < -0.4 is 19.7 Å². The first-order valence-electron chi connectivity index (χ1n) is 11.6. The summed E-state index contributed by atoms with van der Waals surface area (Å²) in [6, 6.07) is 10.8. The summed E-state index contributed by atoms with van der Waals surface area (Å²) < 4.78 is 37.5. The molecule has 0 spiro atoms. The smallest absolute Gasteiger partial charge is 0.255 e. The number of ether oxygens (including phenoxy) is 2. The fraction of sp³-hybridized carbons (Fsp3) is 0.520. The molecule has 1 aliphatic carbocycles. The van der Waals surface area contributed by atoms with E-state index in [1.54, 1.807) is 19.2 Å². The van der Waals surface area contributed by atoms with E-state index < -0.39 is 11.8 Å². The Morgan fingerprint density at radius 3 is 2.56 bits per heavy atom. The van der Waals surface area contributed by atoms with E-state index in [2.05, 4.69) is 15.2 Å². The van der Waals surface area contributed by atoms with Crippen molar-refractivity contribution in [3.8, 4) is 11.5 Å². The number of halogens is 2. The minimum absolute atomic E-state index is 0.00630. The molecule has 1 aromatic carbocycles. The summed E-state index contributed by atoms with van der Waals surface area (Å²) in [5, 5.41) is 11.9. The van der Waals surface area contributed by atoms with Gasteiger partial charge in [0.25, 0.3) is 5.92 Å². The Morgan fingerprint density at radius 2 is 1.94 bits per heavy atom. The molecule has 2 heterocycles. The molecule has 4 rings (SSSR count). The molecule has 1 amide bonds. The van der Waals surface area contributed by atoms with Crippen molar-refractivity contribution >= 4 is 11.7 Å². The molecular formula is C25H31F2N3O4. The zero-order valence-electron chi connectivity index (χ0n) is 19.4. The van der Waals surface area contributed by atoms with Gasteiger partial charge < -0.3 is 24.8 Å². The summed E-state index contributed by atoms with van der Waals surface area (Å²) in [6.45, 7) is 4.97. The maximum absolute atomic E-state index is 13.0. The first-order chi connectivity index (χ1) is 16.2. The van der Waals surface area contributed by atoms with Crippen molar-refractivity contribution in [3.63, 3.8) is 0 Å². The van der Waals surface area contributed by atoms with Gasteiger partial charge in [-0.15, -0.1) is 0 Å². The van der Waals surface area contributed by atoms with Gasteiger partial charge in [-0.25, -0.2) is 13.8 Å². The van der Waals surface area contributed by atoms with Crippen LogP contribution in [0, 0.1) is 5.92 Å². The third kappa shape index (κ3) is 5.94. The highest BCUT2D eigenvalue weighted by molar-refractivity contribution is 5.83. The van der Waals surface area contributed by atoms with Crippen molar-refractivity contribution in [2.75, 3.05) is 31.2 Å². The largest absolute Gasteiger partial charge is 0.491 e. The van der Waals surface area contributed by atoms with Gasteiger partial charge in [-0.05, 0) is 43.7 Å². The Balaban J connectivity index is 1.25. The summed E-state index contributed by atoms with van der Waals surface area (Å²) >= 11 is 0. The van der Waals surface area contributed by atoms with Crippen molar-refractivity contribution in [1.82, 2.24) is 10.3 Å². The second-order valence-electron chi connectivity index (χ2n) is 9.18. The average Bonchev–Trinajstić information content (AvgIpc) is 3.20. The highest BCUT2D eigenvalue weighted by atomic mass is 19.3. The van der Waals surface area contributed by atoms with Crippen LogP contribution in [0.4, 0.5) is 14.6 Å². The lowest BCUT2D eigenvalue weighted by atomic mass is 10.00. The Hall–Kier alpha value is -2.94. The fourth-order valence-electron chi connectivity index (χ4n) is 3.92. The molecule has 4 unspecified atom stereocenters. The molecular weight excluding hydrogens is 444 g/mol. The number of pyridine rings is 1. The number of aliphatic hydroxyl groups is 1. The van der Waals surface area contributed by atoms with Gasteiger partial charge in [-0.3, -0.25) is 4.79 Å². The van der Waals surface area contributed by atoms with E-state index in [1.165, 1.54) is 0 Å². The molecule has 1 saturated carbocycles. The molecule has 2 aromatic rings. The first-order valence-corrected chi connectivity index (χ1v) is 11.6. The molecule has 9 heteroatoms. The van der Waals surface area contributed by atoms with Gasteiger partial charge in [0.05, 0.1) is 37.8 Å². The number of carbonyl (C=O) groups is 1. The van der Waals surface area contributed by atoms with Gasteiger partial charge in [-0.1, -0.05) is 12.1 Å². The van der Waals surface area contributed by atoms with Crippen molar-refractivity contribution in [1.29, 1.82) is 0 Å². The third-order valence-corrected chi connectivity index (χ3v) is 6.34. The standard InChI is InChI=1S/C25H31F2N3O4/c1-16(14-31)29-24(32)17(2)18-3-5-20(6-4-18)34-22-9-10-30(13-22)23-8-7-21(12-28-23)33-15-19-11-25(19,26)27/h3-8,12,16-17,19,22,31H,9-11,13-15H2,1-2H3,(H,29,32). The highest BCUT2D eigenvalue weighted by Gasteiger charge is 2.57. The van der Waals surface area contributed by atoms with Crippen LogP contribution in [0.1, 0.15) is 38.2 Å². The van der Waals surface area contributed by atoms with Gasteiger partial charge in [-0.2, -0.15) is 0 Å². The normalized spacial score (nSPS) is 22.7. The Bertz CT molecular complexity index is 971. The first kappa shape index (κ1) is 24.2. The minimum atomic E-state index is -2.58. The molecule has 2 aliphatic rings. The number of anilines is 1. The number of nitrogens with zero attached hydrogens (tertiary/aromatic N) is 2. The lowest BCUT2D eigenvalue weighted by Crippen LogP contribution is -2.37. The number of carbonyl (C=O) groups excluding carboxylic acids is 1. The quantitative estimate of drug-likeness (QED) is 0.548. The second kappa shape index (κ2) is 10.1. The topological polar surface area (TPSA) is 83.9 Å². The van der Waals surface area contributed by atoms with Crippen LogP contribution in [-0.2, 0) is 4.79 Å². The maximum Gasteiger partial charge on any atom is 0.255 e. The molecule has 184 valence electrons. The van der Waals surface area contributed by atoms with Crippen LogP contribution in [0.15, 0.2) is 42.6 Å².